The Labute approximate surface area is 115 Å². The highest BCUT2D eigenvalue weighted by Crippen LogP contribution is 2.59. The fourth-order valence-corrected chi connectivity index (χ4v) is 4.66. The Bertz CT molecular complexity index is 379. The molecule has 1 N–H and O–H groups in total. The zero-order chi connectivity index (χ0) is 12.6. The maximum absolute atomic E-state index is 3.78. The molecule has 100 valence electrons. The molecule has 0 aromatic carbocycles. The quantitative estimate of drug-likeness (QED) is 0.805. The van der Waals surface area contributed by atoms with E-state index in [4.69, 9.17) is 0 Å². The Morgan fingerprint density at radius 2 is 2.00 bits per heavy atom. The van der Waals surface area contributed by atoms with Crippen molar-refractivity contribution in [3.63, 3.8) is 0 Å². The molecule has 2 heteroatoms. The lowest BCUT2D eigenvalue weighted by Gasteiger charge is -2.56. The maximum atomic E-state index is 3.78. The second kappa shape index (κ2) is 4.64. The number of thiophene rings is 1. The first-order valence-corrected chi connectivity index (χ1v) is 8.37. The van der Waals surface area contributed by atoms with Crippen LogP contribution in [0.5, 0.6) is 0 Å². The van der Waals surface area contributed by atoms with Crippen molar-refractivity contribution >= 4 is 11.3 Å². The summed E-state index contributed by atoms with van der Waals surface area (Å²) in [4.78, 5) is 1.62. The minimum absolute atomic E-state index is 0.461. The van der Waals surface area contributed by atoms with E-state index in [1.54, 1.807) is 4.88 Å². The summed E-state index contributed by atoms with van der Waals surface area (Å²) in [5.41, 5.74) is 1.10. The van der Waals surface area contributed by atoms with Crippen molar-refractivity contribution < 1.29 is 0 Å². The van der Waals surface area contributed by atoms with Gasteiger partial charge in [0.2, 0.25) is 0 Å². The molecule has 1 aromatic rings. The third-order valence-electron chi connectivity index (χ3n) is 5.28. The molecule has 0 amide bonds. The molecule has 18 heavy (non-hydrogen) atoms. The number of hydrogen-bond acceptors (Lipinski definition) is 2. The van der Waals surface area contributed by atoms with Crippen LogP contribution in [0.4, 0.5) is 0 Å². The molecular formula is C16H25NS. The summed E-state index contributed by atoms with van der Waals surface area (Å²) in [5, 5.41) is 6.02. The van der Waals surface area contributed by atoms with Crippen LogP contribution in [0.2, 0.25) is 0 Å². The number of nitrogens with one attached hydrogen (secondary N) is 1. The SMILES string of the molecule is CCC1(CC)CC(CNC2CC2)(c2cccs2)C1. The van der Waals surface area contributed by atoms with Gasteiger partial charge in [0.05, 0.1) is 0 Å². The minimum atomic E-state index is 0.461. The van der Waals surface area contributed by atoms with Gasteiger partial charge in [-0.2, -0.15) is 0 Å². The summed E-state index contributed by atoms with van der Waals surface area (Å²) in [6.45, 7) is 5.95. The highest BCUT2D eigenvalue weighted by Gasteiger charge is 2.53. The molecule has 0 atom stereocenters. The lowest BCUT2D eigenvalue weighted by Crippen LogP contribution is -2.54. The van der Waals surface area contributed by atoms with E-state index in [1.807, 2.05) is 11.3 Å². The molecule has 0 unspecified atom stereocenters. The third kappa shape index (κ3) is 2.14. The predicted molar refractivity (Wildman–Crippen MR) is 79.3 cm³/mol. The molecule has 3 rings (SSSR count). The average Bonchev–Trinajstić information content (AvgIpc) is 3.01. The smallest absolute Gasteiger partial charge is 0.0182 e. The first-order valence-electron chi connectivity index (χ1n) is 7.49. The van der Waals surface area contributed by atoms with Gasteiger partial charge in [0.15, 0.2) is 0 Å². The molecule has 1 nitrogen and oxygen atoms in total. The van der Waals surface area contributed by atoms with Gasteiger partial charge in [0.1, 0.15) is 0 Å². The van der Waals surface area contributed by atoms with Crippen LogP contribution in [0.1, 0.15) is 57.2 Å². The summed E-state index contributed by atoms with van der Waals surface area (Å²) < 4.78 is 0. The monoisotopic (exact) mass is 263 g/mol. The lowest BCUT2D eigenvalue weighted by atomic mass is 9.50. The van der Waals surface area contributed by atoms with Gasteiger partial charge in [-0.15, -0.1) is 11.3 Å². The van der Waals surface area contributed by atoms with Gasteiger partial charge in [-0.25, -0.2) is 0 Å². The van der Waals surface area contributed by atoms with Crippen molar-refractivity contribution in [2.75, 3.05) is 6.54 Å². The molecular weight excluding hydrogens is 238 g/mol. The second-order valence-corrected chi connectivity index (χ2v) is 7.42. The van der Waals surface area contributed by atoms with Crippen LogP contribution in [-0.2, 0) is 5.41 Å². The van der Waals surface area contributed by atoms with Crippen molar-refractivity contribution in [2.24, 2.45) is 5.41 Å². The normalized spacial score (nSPS) is 24.8. The van der Waals surface area contributed by atoms with Crippen LogP contribution in [0.25, 0.3) is 0 Å². The van der Waals surface area contributed by atoms with E-state index in [-0.39, 0.29) is 0 Å². The van der Waals surface area contributed by atoms with Crippen molar-refractivity contribution in [3.05, 3.63) is 22.4 Å². The molecule has 2 aliphatic carbocycles. The highest BCUT2D eigenvalue weighted by atomic mass is 32.1. The molecule has 1 heterocycles. The van der Waals surface area contributed by atoms with Crippen LogP contribution < -0.4 is 5.32 Å². The van der Waals surface area contributed by atoms with Crippen molar-refractivity contribution in [3.8, 4) is 0 Å². The van der Waals surface area contributed by atoms with Crippen molar-refractivity contribution in [1.29, 1.82) is 0 Å². The van der Waals surface area contributed by atoms with E-state index in [0.29, 0.717) is 10.8 Å². The van der Waals surface area contributed by atoms with Gasteiger partial charge in [0.25, 0.3) is 0 Å². The molecule has 0 spiro atoms. The summed E-state index contributed by atoms with van der Waals surface area (Å²) in [6, 6.07) is 5.41. The van der Waals surface area contributed by atoms with Gasteiger partial charge >= 0.3 is 0 Å². The zero-order valence-electron chi connectivity index (χ0n) is 11.7. The number of rotatable bonds is 6. The third-order valence-corrected chi connectivity index (χ3v) is 6.39. The Hall–Kier alpha value is -0.340. The predicted octanol–water partition coefficient (Wildman–Crippen LogP) is 4.34. The Morgan fingerprint density at radius 3 is 2.50 bits per heavy atom. The Morgan fingerprint density at radius 1 is 1.28 bits per heavy atom. The van der Waals surface area contributed by atoms with Gasteiger partial charge < -0.3 is 5.32 Å². The van der Waals surface area contributed by atoms with E-state index in [0.717, 1.165) is 6.04 Å². The van der Waals surface area contributed by atoms with Crippen LogP contribution in [0.3, 0.4) is 0 Å². The molecule has 2 aliphatic rings. The molecule has 0 bridgehead atoms. The fourth-order valence-electron chi connectivity index (χ4n) is 3.73. The van der Waals surface area contributed by atoms with Crippen LogP contribution >= 0.6 is 11.3 Å². The molecule has 0 radical (unpaired) electrons. The maximum Gasteiger partial charge on any atom is 0.0182 e. The molecule has 2 fully saturated rings. The van der Waals surface area contributed by atoms with Crippen LogP contribution in [-0.4, -0.2) is 12.6 Å². The Kier molecular flexibility index (Phi) is 3.27. The summed E-state index contributed by atoms with van der Waals surface area (Å²) in [5.74, 6) is 0. The first-order chi connectivity index (χ1) is 8.72. The van der Waals surface area contributed by atoms with E-state index < -0.39 is 0 Å². The molecule has 2 saturated carbocycles. The van der Waals surface area contributed by atoms with E-state index in [2.05, 4.69) is 36.7 Å². The van der Waals surface area contributed by atoms with Gasteiger partial charge in [-0.05, 0) is 42.5 Å². The first kappa shape index (κ1) is 12.7. The minimum Gasteiger partial charge on any atom is -0.313 e. The van der Waals surface area contributed by atoms with Crippen molar-refractivity contribution in [2.45, 2.75) is 63.8 Å². The summed E-state index contributed by atoms with van der Waals surface area (Å²) in [6.07, 6.45) is 8.28. The van der Waals surface area contributed by atoms with E-state index >= 15 is 0 Å². The molecule has 0 saturated heterocycles. The van der Waals surface area contributed by atoms with E-state index in [9.17, 15) is 0 Å². The Balaban J connectivity index is 1.73. The zero-order valence-corrected chi connectivity index (χ0v) is 12.5. The van der Waals surface area contributed by atoms with Gasteiger partial charge in [0, 0.05) is 22.9 Å². The largest absolute Gasteiger partial charge is 0.313 e. The average molecular weight is 263 g/mol. The molecule has 0 aliphatic heterocycles. The fraction of sp³-hybridized carbons (Fsp3) is 0.750. The summed E-state index contributed by atoms with van der Waals surface area (Å²) >= 11 is 1.96. The van der Waals surface area contributed by atoms with Crippen LogP contribution in [0.15, 0.2) is 17.5 Å². The van der Waals surface area contributed by atoms with Gasteiger partial charge in [-0.1, -0.05) is 32.8 Å². The topological polar surface area (TPSA) is 12.0 Å². The van der Waals surface area contributed by atoms with E-state index in [1.165, 1.54) is 45.1 Å². The van der Waals surface area contributed by atoms with Crippen LogP contribution in [0, 0.1) is 5.41 Å². The number of hydrogen-bond donors (Lipinski definition) is 1. The molecule has 1 aromatic heterocycles. The van der Waals surface area contributed by atoms with Crippen molar-refractivity contribution in [1.82, 2.24) is 5.32 Å². The summed E-state index contributed by atoms with van der Waals surface area (Å²) in [7, 11) is 0. The highest BCUT2D eigenvalue weighted by molar-refractivity contribution is 7.10. The second-order valence-electron chi connectivity index (χ2n) is 6.47. The standard InChI is InChI=1S/C16H25NS/c1-3-15(4-2)10-16(11-15,12-17-13-7-8-13)14-6-5-9-18-14/h5-6,9,13,17H,3-4,7-8,10-12H2,1-2H3. The van der Waals surface area contributed by atoms with Gasteiger partial charge in [-0.3, -0.25) is 0 Å². The lowest BCUT2D eigenvalue weighted by molar-refractivity contribution is 0.0149.